The van der Waals surface area contributed by atoms with Gasteiger partial charge in [0.15, 0.2) is 11.5 Å². The van der Waals surface area contributed by atoms with Gasteiger partial charge in [-0.1, -0.05) is 0 Å². The van der Waals surface area contributed by atoms with E-state index in [0.29, 0.717) is 0 Å². The van der Waals surface area contributed by atoms with Crippen molar-refractivity contribution in [3.63, 3.8) is 0 Å². The number of hydrogen-bond acceptors (Lipinski definition) is 7. The van der Waals surface area contributed by atoms with Crippen molar-refractivity contribution >= 4 is 5.82 Å². The summed E-state index contributed by atoms with van der Waals surface area (Å²) in [7, 11) is 0. The van der Waals surface area contributed by atoms with Crippen LogP contribution in [-0.4, -0.2) is 58.0 Å². The molecule has 8 heteroatoms. The summed E-state index contributed by atoms with van der Waals surface area (Å²) in [6.45, 7) is 4.97. The molecule has 0 saturated carbocycles. The number of rotatable bonds is 4. The Hall–Kier alpha value is -3.13. The van der Waals surface area contributed by atoms with Gasteiger partial charge in [-0.2, -0.15) is 5.10 Å². The van der Waals surface area contributed by atoms with Gasteiger partial charge >= 0.3 is 0 Å². The van der Waals surface area contributed by atoms with Gasteiger partial charge in [-0.15, -0.1) is 0 Å². The molecule has 0 unspecified atom stereocenters. The van der Waals surface area contributed by atoms with E-state index in [9.17, 15) is 0 Å². The van der Waals surface area contributed by atoms with Crippen molar-refractivity contribution in [1.82, 2.24) is 25.1 Å². The van der Waals surface area contributed by atoms with Gasteiger partial charge in [0, 0.05) is 56.2 Å². The number of fused-ring (bicyclic) bond motifs is 1. The van der Waals surface area contributed by atoms with Gasteiger partial charge in [-0.05, 0) is 18.2 Å². The van der Waals surface area contributed by atoms with Crippen molar-refractivity contribution in [2.24, 2.45) is 0 Å². The van der Waals surface area contributed by atoms with E-state index < -0.39 is 0 Å². The van der Waals surface area contributed by atoms with Crippen molar-refractivity contribution in [3.05, 3.63) is 48.5 Å². The summed E-state index contributed by atoms with van der Waals surface area (Å²) in [6.07, 6.45) is 7.18. The molecule has 4 heterocycles. The highest BCUT2D eigenvalue weighted by atomic mass is 16.7. The number of H-pyrrole nitrogens is 1. The molecule has 0 radical (unpaired) electrons. The molecule has 0 amide bonds. The maximum atomic E-state index is 5.50. The fraction of sp³-hybridized carbons (Fsp3) is 0.316. The molecule has 1 saturated heterocycles. The average molecular weight is 364 g/mol. The third-order valence-corrected chi connectivity index (χ3v) is 5.02. The molecule has 5 rings (SSSR count). The summed E-state index contributed by atoms with van der Waals surface area (Å²) < 4.78 is 10.9. The molecule has 2 aliphatic heterocycles. The summed E-state index contributed by atoms with van der Waals surface area (Å²) in [6, 6.07) is 5.99. The number of anilines is 1. The first-order valence-corrected chi connectivity index (χ1v) is 9.02. The molecule has 0 atom stereocenters. The number of ether oxygens (including phenoxy) is 2. The van der Waals surface area contributed by atoms with E-state index in [0.717, 1.165) is 61.3 Å². The summed E-state index contributed by atoms with van der Waals surface area (Å²) >= 11 is 0. The minimum atomic E-state index is 0.282. The highest BCUT2D eigenvalue weighted by Crippen LogP contribution is 2.36. The molecule has 0 aliphatic carbocycles. The summed E-state index contributed by atoms with van der Waals surface area (Å²) in [5, 5.41) is 7.40. The number of benzene rings is 1. The second kappa shape index (κ2) is 6.88. The average Bonchev–Trinajstić information content (AvgIpc) is 3.38. The van der Waals surface area contributed by atoms with E-state index in [-0.39, 0.29) is 6.79 Å². The maximum absolute atomic E-state index is 5.50. The number of hydrogen-bond donors (Lipinski definition) is 1. The molecule has 1 N–H and O–H groups in total. The third kappa shape index (κ3) is 3.19. The van der Waals surface area contributed by atoms with Crippen molar-refractivity contribution in [2.75, 3.05) is 37.9 Å². The number of aromatic amines is 1. The van der Waals surface area contributed by atoms with Crippen molar-refractivity contribution < 1.29 is 9.47 Å². The molecular weight excluding hydrogens is 344 g/mol. The fourth-order valence-corrected chi connectivity index (χ4v) is 3.56. The Labute approximate surface area is 156 Å². The number of aromatic nitrogens is 4. The van der Waals surface area contributed by atoms with E-state index in [4.69, 9.17) is 9.47 Å². The van der Waals surface area contributed by atoms with Gasteiger partial charge in [0.05, 0.1) is 18.1 Å². The topological polar surface area (TPSA) is 79.4 Å². The lowest BCUT2D eigenvalue weighted by molar-refractivity contribution is 0.174. The van der Waals surface area contributed by atoms with Gasteiger partial charge in [0.1, 0.15) is 5.82 Å². The molecule has 2 aromatic heterocycles. The maximum Gasteiger partial charge on any atom is 0.231 e. The lowest BCUT2D eigenvalue weighted by atomic mass is 10.1. The number of nitrogens with one attached hydrogen (secondary N) is 1. The molecule has 0 bridgehead atoms. The lowest BCUT2D eigenvalue weighted by Gasteiger charge is -2.35. The van der Waals surface area contributed by atoms with Gasteiger partial charge in [-0.3, -0.25) is 15.0 Å². The van der Waals surface area contributed by atoms with E-state index in [1.165, 1.54) is 5.56 Å². The molecule has 138 valence electrons. The zero-order valence-electron chi connectivity index (χ0n) is 14.8. The van der Waals surface area contributed by atoms with E-state index >= 15 is 0 Å². The smallest absolute Gasteiger partial charge is 0.231 e. The predicted molar refractivity (Wildman–Crippen MR) is 99.7 cm³/mol. The zero-order chi connectivity index (χ0) is 18.1. The third-order valence-electron chi connectivity index (χ3n) is 5.02. The lowest BCUT2D eigenvalue weighted by Crippen LogP contribution is -2.46. The molecule has 3 aromatic rings. The first kappa shape index (κ1) is 16.1. The van der Waals surface area contributed by atoms with Crippen LogP contribution in [0.25, 0.3) is 11.3 Å². The van der Waals surface area contributed by atoms with E-state index in [2.05, 4.69) is 30.0 Å². The first-order chi connectivity index (χ1) is 13.4. The second-order valence-corrected chi connectivity index (χ2v) is 6.67. The van der Waals surface area contributed by atoms with Gasteiger partial charge in [0.25, 0.3) is 0 Å². The quantitative estimate of drug-likeness (QED) is 0.758. The Morgan fingerprint density at radius 1 is 1.00 bits per heavy atom. The van der Waals surface area contributed by atoms with Crippen molar-refractivity contribution in [3.8, 4) is 22.8 Å². The molecule has 8 nitrogen and oxygen atoms in total. The van der Waals surface area contributed by atoms with Crippen LogP contribution in [0.15, 0.2) is 43.0 Å². The number of nitrogens with zero attached hydrogens (tertiary/aromatic N) is 5. The summed E-state index contributed by atoms with van der Waals surface area (Å²) in [5.74, 6) is 2.52. The molecule has 2 aliphatic rings. The predicted octanol–water partition coefficient (Wildman–Crippen LogP) is 1.92. The van der Waals surface area contributed by atoms with E-state index in [1.807, 2.05) is 30.6 Å². The monoisotopic (exact) mass is 364 g/mol. The Morgan fingerprint density at radius 2 is 1.89 bits per heavy atom. The first-order valence-electron chi connectivity index (χ1n) is 9.02. The van der Waals surface area contributed by atoms with Gasteiger partial charge < -0.3 is 14.4 Å². The molecule has 27 heavy (non-hydrogen) atoms. The van der Waals surface area contributed by atoms with E-state index in [1.54, 1.807) is 12.4 Å². The van der Waals surface area contributed by atoms with Crippen molar-refractivity contribution in [1.29, 1.82) is 0 Å². The van der Waals surface area contributed by atoms with Crippen LogP contribution in [0.4, 0.5) is 5.82 Å². The highest BCUT2D eigenvalue weighted by Gasteiger charge is 2.21. The fourth-order valence-electron chi connectivity index (χ4n) is 3.56. The highest BCUT2D eigenvalue weighted by molar-refractivity contribution is 5.66. The standard InChI is InChI=1S/C19H20N6O2/c1-2-16-17(27-13-26-16)9-14(1)19-15(10-22-23-19)12-24-5-7-25(8-6-24)18-11-20-3-4-21-18/h1-4,9-11H,5-8,12-13H2,(H,22,23). The number of piperazine rings is 1. The second-order valence-electron chi connectivity index (χ2n) is 6.67. The van der Waals surface area contributed by atoms with Crippen LogP contribution in [0.2, 0.25) is 0 Å². The zero-order valence-corrected chi connectivity index (χ0v) is 14.8. The Kier molecular flexibility index (Phi) is 4.10. The van der Waals surface area contributed by atoms with Crippen LogP contribution in [0.1, 0.15) is 5.56 Å². The van der Waals surface area contributed by atoms with Crippen LogP contribution >= 0.6 is 0 Å². The van der Waals surface area contributed by atoms with Gasteiger partial charge in [0.2, 0.25) is 6.79 Å². The largest absolute Gasteiger partial charge is 0.454 e. The van der Waals surface area contributed by atoms with Crippen LogP contribution in [0.3, 0.4) is 0 Å². The van der Waals surface area contributed by atoms with Crippen LogP contribution < -0.4 is 14.4 Å². The molecule has 1 aromatic carbocycles. The minimum absolute atomic E-state index is 0.282. The summed E-state index contributed by atoms with van der Waals surface area (Å²) in [4.78, 5) is 13.3. The Morgan fingerprint density at radius 3 is 2.74 bits per heavy atom. The molecular formula is C19H20N6O2. The Bertz CT molecular complexity index is 921. The Balaban J connectivity index is 1.27. The van der Waals surface area contributed by atoms with Crippen LogP contribution in [0, 0.1) is 0 Å². The van der Waals surface area contributed by atoms with Crippen molar-refractivity contribution in [2.45, 2.75) is 6.54 Å². The normalized spacial score (nSPS) is 16.7. The summed E-state index contributed by atoms with van der Waals surface area (Å²) in [5.41, 5.74) is 3.27. The van der Waals surface area contributed by atoms with Crippen LogP contribution in [0.5, 0.6) is 11.5 Å². The van der Waals surface area contributed by atoms with Crippen LogP contribution in [-0.2, 0) is 6.54 Å². The molecule has 0 spiro atoms. The SMILES string of the molecule is c1cnc(N2CCN(Cc3cn[nH]c3-c3ccc4c(c3)OCO4)CC2)cn1. The minimum Gasteiger partial charge on any atom is -0.454 e. The van der Waals surface area contributed by atoms with Gasteiger partial charge in [-0.25, -0.2) is 4.98 Å². The molecule has 1 fully saturated rings.